The Morgan fingerprint density at radius 2 is 1.31 bits per heavy atom. The number of carboxylic acids is 4. The normalized spacial score (nSPS) is 13.8. The summed E-state index contributed by atoms with van der Waals surface area (Å²) in [5.41, 5.74) is 27.4. The van der Waals surface area contributed by atoms with Crippen molar-refractivity contribution >= 4 is 35.8 Å². The summed E-state index contributed by atoms with van der Waals surface area (Å²) in [5, 5.41) is 58.9. The molecule has 1 heterocycles. The van der Waals surface area contributed by atoms with Crippen LogP contribution >= 0.6 is 0 Å². The van der Waals surface area contributed by atoms with Crippen LogP contribution in [-0.4, -0.2) is 124 Å². The molecule has 0 unspecified atom stereocenters. The van der Waals surface area contributed by atoms with Gasteiger partial charge in [0, 0.05) is 24.7 Å². The number of aliphatic hydroxyl groups is 2. The number of rotatable bonds is 14. The predicted molar refractivity (Wildman–Crippen MR) is 164 cm³/mol. The Hall–Kier alpha value is -5.03. The summed E-state index contributed by atoms with van der Waals surface area (Å²) in [6, 6.07) is 0.976. The molecule has 0 aliphatic heterocycles. The molecule has 0 spiro atoms. The van der Waals surface area contributed by atoms with E-state index in [1.807, 2.05) is 0 Å². The average Bonchev–Trinajstić information content (AvgIpc) is 3.53. The van der Waals surface area contributed by atoms with Gasteiger partial charge in [0.15, 0.2) is 0 Å². The number of nitrogens with one attached hydrogen (secondary N) is 1. The number of aliphatic carboxylic acids is 4. The standard InChI is InChI=1S/C9H14N4O4.C9H11NO3.C5H9NO4.C4H9NO3/c10-6(1-5-2-12-4-13-5)8(15)17-9(16)7(11)3-14;10-8(9(12)13)5-6-1-3-7(11)4-2-6;6-3(5(9)10)1-2-4(7)8;1-2(6)3(5)4(7)8/h2,4,6-7,14H,1,3,10-11H2,(H,12,13);1-4,8,11H,5,10H2,(H,12,13);3H,1-2,6H2,(H,7,8)(H,9,10);2-3,6H,5H2,1H3,(H,7,8)/t6-,7-;8-;3-;2-,3+/m0001/s1. The number of imidazole rings is 1. The third-order valence-electron chi connectivity index (χ3n) is 5.50. The molecule has 1 aromatic carbocycles. The highest BCUT2D eigenvalue weighted by molar-refractivity contribution is 5.90. The first-order valence-corrected chi connectivity index (χ1v) is 13.7. The van der Waals surface area contributed by atoms with Gasteiger partial charge in [0.05, 0.1) is 19.0 Å². The van der Waals surface area contributed by atoms with Gasteiger partial charge in [-0.1, -0.05) is 12.1 Å². The van der Waals surface area contributed by atoms with Crippen molar-refractivity contribution in [1.29, 1.82) is 0 Å². The van der Waals surface area contributed by atoms with E-state index < -0.39 is 78.7 Å². The zero-order chi connectivity index (χ0) is 37.6. The van der Waals surface area contributed by atoms with Crippen molar-refractivity contribution in [3.8, 4) is 5.75 Å². The van der Waals surface area contributed by atoms with E-state index >= 15 is 0 Å². The van der Waals surface area contributed by atoms with Gasteiger partial charge in [-0.25, -0.2) is 14.6 Å². The van der Waals surface area contributed by atoms with Crippen LogP contribution in [0, 0.1) is 0 Å². The highest BCUT2D eigenvalue weighted by atomic mass is 16.6. The van der Waals surface area contributed by atoms with E-state index in [9.17, 15) is 28.8 Å². The fourth-order valence-corrected chi connectivity index (χ4v) is 2.62. The maximum Gasteiger partial charge on any atom is 0.332 e. The first kappa shape index (κ1) is 45.1. The molecule has 1 aromatic heterocycles. The van der Waals surface area contributed by atoms with Crippen LogP contribution in [0.4, 0.5) is 0 Å². The Labute approximate surface area is 273 Å². The number of phenolic OH excluding ortho intramolecular Hbond substituents is 1. The van der Waals surface area contributed by atoms with Crippen LogP contribution in [0.25, 0.3) is 0 Å². The Morgan fingerprint density at radius 1 is 0.792 bits per heavy atom. The zero-order valence-corrected chi connectivity index (χ0v) is 25.8. The van der Waals surface area contributed by atoms with E-state index in [4.69, 9.17) is 64.4 Å². The Morgan fingerprint density at radius 3 is 1.69 bits per heavy atom. The van der Waals surface area contributed by atoms with Crippen LogP contribution in [0.1, 0.15) is 31.0 Å². The van der Waals surface area contributed by atoms with E-state index in [0.717, 1.165) is 5.56 Å². The number of H-pyrrole nitrogens is 1. The number of aromatic amines is 1. The smallest absolute Gasteiger partial charge is 0.332 e. The lowest BCUT2D eigenvalue weighted by Crippen LogP contribution is -2.42. The second-order valence-electron chi connectivity index (χ2n) is 9.71. The number of aromatic hydroxyl groups is 1. The molecular formula is C27H43N7O14. The number of aromatic nitrogens is 2. The molecule has 0 aliphatic carbocycles. The fourth-order valence-electron chi connectivity index (χ4n) is 2.62. The molecule has 0 bridgehead atoms. The maximum absolute atomic E-state index is 11.4. The third-order valence-corrected chi connectivity index (χ3v) is 5.50. The number of ether oxygens (including phenoxy) is 1. The minimum Gasteiger partial charge on any atom is -0.508 e. The van der Waals surface area contributed by atoms with E-state index in [1.54, 1.807) is 12.1 Å². The molecule has 21 heteroatoms. The van der Waals surface area contributed by atoms with Crippen LogP contribution in [-0.2, 0) is 46.3 Å². The lowest BCUT2D eigenvalue weighted by Gasteiger charge is -2.11. The van der Waals surface area contributed by atoms with Gasteiger partial charge in [0.25, 0.3) is 0 Å². The van der Waals surface area contributed by atoms with E-state index in [0.29, 0.717) is 5.69 Å². The summed E-state index contributed by atoms with van der Waals surface area (Å²) >= 11 is 0. The largest absolute Gasteiger partial charge is 0.508 e. The number of carboxylic acid groups (broad SMARTS) is 4. The molecule has 0 saturated heterocycles. The molecule has 18 N–H and O–H groups in total. The summed E-state index contributed by atoms with van der Waals surface area (Å²) in [4.78, 5) is 69.1. The van der Waals surface area contributed by atoms with Gasteiger partial charge in [-0.15, -0.1) is 0 Å². The Balaban J connectivity index is 0. The van der Waals surface area contributed by atoms with Crippen molar-refractivity contribution in [1.82, 2.24) is 9.97 Å². The average molecular weight is 690 g/mol. The molecule has 0 fully saturated rings. The van der Waals surface area contributed by atoms with Gasteiger partial charge in [-0.2, -0.15) is 0 Å². The second kappa shape index (κ2) is 24.2. The van der Waals surface area contributed by atoms with Crippen molar-refractivity contribution in [3.63, 3.8) is 0 Å². The third kappa shape index (κ3) is 21.7. The number of phenols is 1. The van der Waals surface area contributed by atoms with E-state index in [-0.39, 0.29) is 31.4 Å². The second-order valence-corrected chi connectivity index (χ2v) is 9.71. The number of hydrogen-bond donors (Lipinski definition) is 13. The molecular weight excluding hydrogens is 646 g/mol. The van der Waals surface area contributed by atoms with Crippen LogP contribution < -0.4 is 28.7 Å². The minimum absolute atomic E-state index is 0.0231. The summed E-state index contributed by atoms with van der Waals surface area (Å²) in [7, 11) is 0. The van der Waals surface area contributed by atoms with Gasteiger partial charge < -0.3 is 74.1 Å². The first-order valence-electron chi connectivity index (χ1n) is 13.7. The Bertz CT molecular complexity index is 1280. The van der Waals surface area contributed by atoms with Crippen LogP contribution in [0.5, 0.6) is 5.75 Å². The highest BCUT2D eigenvalue weighted by Gasteiger charge is 2.23. The van der Waals surface area contributed by atoms with E-state index in [1.165, 1.54) is 31.6 Å². The lowest BCUT2D eigenvalue weighted by molar-refractivity contribution is -0.162. The predicted octanol–water partition coefficient (Wildman–Crippen LogP) is -3.94. The molecule has 0 saturated carbocycles. The lowest BCUT2D eigenvalue weighted by atomic mass is 10.1. The quantitative estimate of drug-likeness (QED) is 0.0664. The molecule has 48 heavy (non-hydrogen) atoms. The number of benzene rings is 1. The van der Waals surface area contributed by atoms with Crippen LogP contribution in [0.2, 0.25) is 0 Å². The SMILES string of the molecule is C[C@@H](O)[C@H](N)C(=O)O.N[C@@H](CCC(=O)O)C(=O)O.N[C@@H](CO)C(=O)OC(=O)[C@@H](N)Cc1cnc[nH]1.N[C@@H](Cc1ccc(O)cc1)C(=O)O. The van der Waals surface area contributed by atoms with Gasteiger partial charge in [0.2, 0.25) is 0 Å². The number of carbonyl (C=O) groups is 6. The van der Waals surface area contributed by atoms with Gasteiger partial charge >= 0.3 is 35.8 Å². The van der Waals surface area contributed by atoms with Gasteiger partial charge in [0.1, 0.15) is 36.0 Å². The summed E-state index contributed by atoms with van der Waals surface area (Å²) in [5.74, 6) is -6.13. The molecule has 0 amide bonds. The topological polar surface area (TPSA) is 412 Å². The molecule has 6 atom stereocenters. The number of hydrogen-bond acceptors (Lipinski definition) is 16. The van der Waals surface area contributed by atoms with Gasteiger partial charge in [-0.3, -0.25) is 19.2 Å². The summed E-state index contributed by atoms with van der Waals surface area (Å²) < 4.78 is 4.39. The van der Waals surface area contributed by atoms with Crippen molar-refractivity contribution in [2.75, 3.05) is 6.61 Å². The summed E-state index contributed by atoms with van der Waals surface area (Å²) in [6.07, 6.45) is 2.19. The number of aliphatic hydroxyl groups excluding tert-OH is 2. The van der Waals surface area contributed by atoms with Crippen molar-refractivity contribution in [2.24, 2.45) is 28.7 Å². The molecule has 2 aromatic rings. The zero-order valence-electron chi connectivity index (χ0n) is 25.8. The van der Waals surface area contributed by atoms with Crippen molar-refractivity contribution in [3.05, 3.63) is 48.0 Å². The van der Waals surface area contributed by atoms with Crippen molar-refractivity contribution < 1.29 is 69.2 Å². The fraction of sp³-hybridized carbons (Fsp3) is 0.444. The number of nitrogens with two attached hydrogens (primary N) is 5. The van der Waals surface area contributed by atoms with E-state index in [2.05, 4.69) is 14.7 Å². The molecule has 0 radical (unpaired) electrons. The van der Waals surface area contributed by atoms with Crippen LogP contribution in [0.15, 0.2) is 36.8 Å². The van der Waals surface area contributed by atoms with Crippen molar-refractivity contribution in [2.45, 2.75) is 68.9 Å². The maximum atomic E-state index is 11.4. The number of carbonyl (C=O) groups excluding carboxylic acids is 2. The molecule has 2 rings (SSSR count). The molecule has 0 aliphatic rings. The minimum atomic E-state index is -1.24. The molecule has 270 valence electrons. The highest BCUT2D eigenvalue weighted by Crippen LogP contribution is 2.10. The first-order chi connectivity index (χ1) is 22.2. The molecule has 21 nitrogen and oxygen atoms in total. The number of esters is 2. The van der Waals surface area contributed by atoms with Crippen LogP contribution in [0.3, 0.4) is 0 Å². The van der Waals surface area contributed by atoms with Gasteiger partial charge in [-0.05, 0) is 37.5 Å². The summed E-state index contributed by atoms with van der Waals surface area (Å²) in [6.45, 7) is 0.737. The Kier molecular flexibility index (Phi) is 22.7. The number of nitrogens with zero attached hydrogens (tertiary/aromatic N) is 1. The monoisotopic (exact) mass is 689 g/mol.